The molecular formula is C47H56ClN11O8. The van der Waals surface area contributed by atoms with Crippen molar-refractivity contribution in [3.8, 4) is 17.6 Å². The Hall–Kier alpha value is -7.93. The summed E-state index contributed by atoms with van der Waals surface area (Å²) in [7, 11) is 4.67. The van der Waals surface area contributed by atoms with E-state index in [-0.39, 0.29) is 24.9 Å². The summed E-state index contributed by atoms with van der Waals surface area (Å²) in [5, 5.41) is 12.4. The van der Waals surface area contributed by atoms with Gasteiger partial charge in [-0.05, 0) is 79.8 Å². The molecule has 6 aromatic heterocycles. The highest BCUT2D eigenvalue weighted by Crippen LogP contribution is 2.25. The van der Waals surface area contributed by atoms with Gasteiger partial charge in [0.15, 0.2) is 5.69 Å². The zero-order valence-corrected chi connectivity index (χ0v) is 39.0. The van der Waals surface area contributed by atoms with Gasteiger partial charge >= 0.3 is 11.9 Å². The van der Waals surface area contributed by atoms with Crippen LogP contribution in [0, 0.1) is 27.7 Å². The van der Waals surface area contributed by atoms with Crippen LogP contribution in [0.3, 0.4) is 0 Å². The number of rotatable bonds is 9. The lowest BCUT2D eigenvalue weighted by Gasteiger charge is -2.11. The van der Waals surface area contributed by atoms with Gasteiger partial charge in [0.25, 0.3) is 5.91 Å². The molecule has 20 heteroatoms. The summed E-state index contributed by atoms with van der Waals surface area (Å²) in [6, 6.07) is 14.9. The van der Waals surface area contributed by atoms with Crippen LogP contribution in [0.4, 0.5) is 17.2 Å². The van der Waals surface area contributed by atoms with Crippen molar-refractivity contribution in [3.05, 3.63) is 118 Å². The zero-order chi connectivity index (χ0) is 48.7. The molecule has 0 radical (unpaired) electrons. The molecule has 1 aromatic carbocycles. The molecule has 0 spiro atoms. The fourth-order valence-corrected chi connectivity index (χ4v) is 6.27. The molecular weight excluding hydrogens is 882 g/mol. The molecule has 67 heavy (non-hydrogen) atoms. The van der Waals surface area contributed by atoms with Gasteiger partial charge in [-0.25, -0.2) is 19.9 Å². The average molecular weight is 938 g/mol. The molecule has 0 atom stereocenters. The van der Waals surface area contributed by atoms with Gasteiger partial charge < -0.3 is 41.0 Å². The number of halogens is 1. The van der Waals surface area contributed by atoms with Gasteiger partial charge in [-0.3, -0.25) is 28.8 Å². The van der Waals surface area contributed by atoms with E-state index in [0.717, 1.165) is 44.4 Å². The molecule has 7 rings (SSSR count). The van der Waals surface area contributed by atoms with E-state index in [4.69, 9.17) is 37.3 Å². The standard InChI is InChI=1S/C26H24ClN7O2.C9H12N2O2.C7H10N2O.C4H6O3.CH4/c1-14-6-23(28)32-15(2)20(14)11-31-26(35)25-19-9-24(36-3)30-12-22(19)34(33-25)13-16-4-5-21-17(7-16)8-18(27)10-29-21;1-6-4-9(13-3)10-5-8(6)11-7(2)12;1-5-3-7(10-2)9-4-6(5)8;1-3(5)7-4(2)6;/h4-10,12H,11,13H2,1-3H3,(H2,28,32)(H,31,35);4-5H,1-3H3,(H,11,12);3-4H,8H2,1-2H3;1-2H3;1H4. The number of carbonyl (C=O) groups is 4. The van der Waals surface area contributed by atoms with E-state index >= 15 is 0 Å². The van der Waals surface area contributed by atoms with E-state index < -0.39 is 11.9 Å². The van der Waals surface area contributed by atoms with Crippen LogP contribution in [0.2, 0.25) is 5.02 Å². The maximum absolute atomic E-state index is 13.3. The molecule has 0 unspecified atom stereocenters. The normalized spacial score (nSPS) is 10.1. The van der Waals surface area contributed by atoms with Gasteiger partial charge in [0.1, 0.15) is 5.82 Å². The number of amides is 2. The number of fused-ring (bicyclic) bond motifs is 2. The third-order valence-electron chi connectivity index (χ3n) is 9.31. The van der Waals surface area contributed by atoms with Crippen LogP contribution in [0.1, 0.15) is 72.2 Å². The highest BCUT2D eigenvalue weighted by molar-refractivity contribution is 6.31. The second kappa shape index (κ2) is 24.9. The number of hydrogen-bond donors (Lipinski definition) is 4. The van der Waals surface area contributed by atoms with Crippen LogP contribution in [0.5, 0.6) is 17.6 Å². The predicted octanol–water partition coefficient (Wildman–Crippen LogP) is 7.28. The van der Waals surface area contributed by atoms with Crippen molar-refractivity contribution in [3.63, 3.8) is 0 Å². The highest BCUT2D eigenvalue weighted by atomic mass is 35.5. The van der Waals surface area contributed by atoms with Crippen LogP contribution >= 0.6 is 11.6 Å². The van der Waals surface area contributed by atoms with E-state index in [1.54, 1.807) is 68.0 Å². The fourth-order valence-electron chi connectivity index (χ4n) is 6.10. The number of ether oxygens (including phenoxy) is 4. The van der Waals surface area contributed by atoms with Crippen molar-refractivity contribution in [1.82, 2.24) is 40.0 Å². The van der Waals surface area contributed by atoms with Crippen molar-refractivity contribution >= 4 is 74.4 Å². The molecule has 0 aliphatic carbocycles. The Balaban J connectivity index is 0.000000312. The summed E-state index contributed by atoms with van der Waals surface area (Å²) in [6.45, 7) is 12.2. The lowest BCUT2D eigenvalue weighted by atomic mass is 10.1. The number of nitrogen functional groups attached to an aromatic ring is 2. The van der Waals surface area contributed by atoms with E-state index in [1.165, 1.54) is 27.9 Å². The molecule has 0 saturated carbocycles. The third kappa shape index (κ3) is 15.6. The predicted molar refractivity (Wildman–Crippen MR) is 258 cm³/mol. The molecule has 6 heterocycles. The maximum Gasteiger partial charge on any atom is 0.310 e. The minimum atomic E-state index is -0.562. The minimum Gasteiger partial charge on any atom is -0.481 e. The summed E-state index contributed by atoms with van der Waals surface area (Å²) in [6.07, 6.45) is 6.46. The van der Waals surface area contributed by atoms with E-state index in [9.17, 15) is 19.2 Å². The van der Waals surface area contributed by atoms with Crippen molar-refractivity contribution in [2.24, 2.45) is 0 Å². The second-order valence-electron chi connectivity index (χ2n) is 14.4. The Morgan fingerprint density at radius 2 is 1.34 bits per heavy atom. The van der Waals surface area contributed by atoms with Gasteiger partial charge in [0.05, 0.1) is 73.9 Å². The number of aryl methyl sites for hydroxylation is 4. The van der Waals surface area contributed by atoms with Crippen molar-refractivity contribution in [2.45, 2.75) is 69.0 Å². The number of aromatic nitrogens is 7. The first-order valence-corrected chi connectivity index (χ1v) is 20.4. The summed E-state index contributed by atoms with van der Waals surface area (Å²) >= 11 is 6.12. The van der Waals surface area contributed by atoms with Crippen LogP contribution < -0.4 is 36.3 Å². The zero-order valence-electron chi connectivity index (χ0n) is 38.3. The Kier molecular flexibility index (Phi) is 19.9. The third-order valence-corrected chi connectivity index (χ3v) is 9.52. The number of carbonyl (C=O) groups excluding carboxylic acids is 4. The first-order valence-electron chi connectivity index (χ1n) is 20.0. The number of nitrogens with zero attached hydrogens (tertiary/aromatic N) is 7. The summed E-state index contributed by atoms with van der Waals surface area (Å²) < 4.78 is 20.8. The van der Waals surface area contributed by atoms with Gasteiger partial charge in [-0.1, -0.05) is 25.1 Å². The number of methoxy groups -OCH3 is 3. The quantitative estimate of drug-likeness (QED) is 0.0818. The topological polar surface area (TPSA) is 264 Å². The van der Waals surface area contributed by atoms with Crippen molar-refractivity contribution < 1.29 is 38.1 Å². The van der Waals surface area contributed by atoms with Gasteiger partial charge in [0.2, 0.25) is 23.5 Å². The minimum absolute atomic E-state index is 0. The Morgan fingerprint density at radius 1 is 0.731 bits per heavy atom. The first-order chi connectivity index (χ1) is 31.3. The van der Waals surface area contributed by atoms with Crippen molar-refractivity contribution in [2.75, 3.05) is 38.1 Å². The number of nitrogens with two attached hydrogens (primary N) is 2. The fraction of sp³-hybridized carbons (Fsp3) is 0.277. The van der Waals surface area contributed by atoms with Crippen LogP contribution in [0.25, 0.3) is 21.8 Å². The molecule has 7 aromatic rings. The number of anilines is 3. The number of nitrogens with one attached hydrogen (secondary N) is 2. The molecule has 6 N–H and O–H groups in total. The molecule has 0 fully saturated rings. The smallest absolute Gasteiger partial charge is 0.310 e. The number of hydrogen-bond acceptors (Lipinski definition) is 16. The maximum atomic E-state index is 13.3. The summed E-state index contributed by atoms with van der Waals surface area (Å²) in [4.78, 5) is 64.5. The Labute approximate surface area is 393 Å². The number of benzene rings is 1. The second-order valence-corrected chi connectivity index (χ2v) is 14.9. The summed E-state index contributed by atoms with van der Waals surface area (Å²) in [5.74, 6) is 0.471. The van der Waals surface area contributed by atoms with Crippen LogP contribution in [0.15, 0.2) is 73.3 Å². The Morgan fingerprint density at radius 3 is 1.91 bits per heavy atom. The average Bonchev–Trinajstić information content (AvgIpc) is 3.62. The van der Waals surface area contributed by atoms with E-state index in [1.807, 2.05) is 52.0 Å². The Bertz CT molecular complexity index is 2840. The van der Waals surface area contributed by atoms with E-state index in [2.05, 4.69) is 45.4 Å². The molecule has 354 valence electrons. The lowest BCUT2D eigenvalue weighted by molar-refractivity contribution is -0.156. The molecule has 0 aliphatic heterocycles. The molecule has 19 nitrogen and oxygen atoms in total. The van der Waals surface area contributed by atoms with Crippen LogP contribution in [-0.4, -0.2) is 79.8 Å². The summed E-state index contributed by atoms with van der Waals surface area (Å²) in [5.41, 5.74) is 20.2. The van der Waals surface area contributed by atoms with Gasteiger partial charge in [-0.15, -0.1) is 0 Å². The number of esters is 2. The molecule has 0 bridgehead atoms. The van der Waals surface area contributed by atoms with E-state index in [0.29, 0.717) is 63.8 Å². The largest absolute Gasteiger partial charge is 0.481 e. The highest BCUT2D eigenvalue weighted by Gasteiger charge is 2.20. The van der Waals surface area contributed by atoms with Crippen molar-refractivity contribution in [1.29, 1.82) is 0 Å². The van der Waals surface area contributed by atoms with Crippen LogP contribution in [-0.2, 0) is 32.2 Å². The monoisotopic (exact) mass is 937 g/mol. The van der Waals surface area contributed by atoms with Gasteiger partial charge in [0, 0.05) is 68.2 Å². The lowest BCUT2D eigenvalue weighted by Crippen LogP contribution is -2.25. The molecule has 0 saturated heterocycles. The molecule has 0 aliphatic rings. The SMILES string of the molecule is C.CC(=O)OC(C)=O.COc1cc(C)c(N)cn1.COc1cc(C)c(NC(C)=O)cn1.COc1cc2c(C(=O)NCc3c(C)cc(N)nc3C)nn(Cc3ccc4ncc(Cl)cc4c3)c2cn1. The molecule has 2 amide bonds. The first kappa shape index (κ1) is 53.4. The number of pyridine rings is 5. The van der Waals surface area contributed by atoms with Gasteiger partial charge in [-0.2, -0.15) is 5.10 Å².